The number of halogens is 2. The van der Waals surface area contributed by atoms with Crippen molar-refractivity contribution in [3.63, 3.8) is 0 Å². The summed E-state index contributed by atoms with van der Waals surface area (Å²) in [5.74, 6) is -0.629. The highest BCUT2D eigenvalue weighted by Gasteiger charge is 2.08. The minimum absolute atomic E-state index is 0.0896. The fraction of sp³-hybridized carbons (Fsp3) is 0. The zero-order valence-electron chi connectivity index (χ0n) is 10.3. The van der Waals surface area contributed by atoms with Crippen molar-refractivity contribution in [3.05, 3.63) is 70.3 Å². The smallest absolute Gasteiger partial charge is 0.255 e. The molecule has 2 aromatic carbocycles. The zero-order valence-corrected chi connectivity index (χ0v) is 11.8. The topological polar surface area (TPSA) is 46.2 Å². The van der Waals surface area contributed by atoms with Crippen LogP contribution in [-0.4, -0.2) is 8.42 Å². The number of hydrogen-bond acceptors (Lipinski definition) is 2. The summed E-state index contributed by atoms with van der Waals surface area (Å²) in [4.78, 5) is 0. The first-order chi connectivity index (χ1) is 9.46. The molecule has 104 valence electrons. The van der Waals surface area contributed by atoms with Crippen molar-refractivity contribution in [2.75, 3.05) is 4.72 Å². The molecule has 2 aromatic rings. The second kappa shape index (κ2) is 6.07. The number of benzene rings is 2. The lowest BCUT2D eigenvalue weighted by Gasteiger charge is -2.05. The lowest BCUT2D eigenvalue weighted by Crippen LogP contribution is -2.09. The van der Waals surface area contributed by atoms with Crippen molar-refractivity contribution < 1.29 is 12.8 Å². The first kappa shape index (κ1) is 14.6. The van der Waals surface area contributed by atoms with Gasteiger partial charge in [0, 0.05) is 5.02 Å². The Labute approximate surface area is 121 Å². The van der Waals surface area contributed by atoms with Gasteiger partial charge in [-0.25, -0.2) is 12.8 Å². The van der Waals surface area contributed by atoms with Crippen LogP contribution in [0.1, 0.15) is 5.56 Å². The number of rotatable bonds is 4. The van der Waals surface area contributed by atoms with Gasteiger partial charge >= 0.3 is 0 Å². The van der Waals surface area contributed by atoms with E-state index in [1.807, 2.05) is 0 Å². The van der Waals surface area contributed by atoms with Gasteiger partial charge in [-0.2, -0.15) is 0 Å². The van der Waals surface area contributed by atoms with Crippen LogP contribution in [-0.2, 0) is 10.0 Å². The molecule has 0 saturated carbocycles. The summed E-state index contributed by atoms with van der Waals surface area (Å²) in [6.45, 7) is 0. The third-order valence-corrected chi connectivity index (χ3v) is 3.69. The van der Waals surface area contributed by atoms with Gasteiger partial charge in [0.2, 0.25) is 0 Å². The summed E-state index contributed by atoms with van der Waals surface area (Å²) >= 11 is 5.73. The fourth-order valence-electron chi connectivity index (χ4n) is 1.47. The van der Waals surface area contributed by atoms with Gasteiger partial charge in [0.15, 0.2) is 0 Å². The van der Waals surface area contributed by atoms with Gasteiger partial charge in [-0.15, -0.1) is 0 Å². The molecule has 0 fully saturated rings. The van der Waals surface area contributed by atoms with Crippen molar-refractivity contribution in [2.24, 2.45) is 0 Å². The van der Waals surface area contributed by atoms with E-state index in [1.54, 1.807) is 30.3 Å². The van der Waals surface area contributed by atoms with Gasteiger partial charge in [-0.3, -0.25) is 4.72 Å². The Balaban J connectivity index is 2.15. The van der Waals surface area contributed by atoms with Gasteiger partial charge in [0.1, 0.15) is 5.82 Å². The standard InChI is InChI=1S/C14H11ClFNO2S/c15-12-7-5-11(6-8-12)9-10-20(18,19)17-14-4-2-1-3-13(14)16/h1-10,17H/b10-9+. The van der Waals surface area contributed by atoms with Crippen LogP contribution in [0, 0.1) is 5.82 Å². The second-order valence-electron chi connectivity index (χ2n) is 3.98. The lowest BCUT2D eigenvalue weighted by atomic mass is 10.2. The van der Waals surface area contributed by atoms with Crippen LogP contribution >= 0.6 is 11.6 Å². The third-order valence-electron chi connectivity index (χ3n) is 2.44. The van der Waals surface area contributed by atoms with E-state index in [-0.39, 0.29) is 5.69 Å². The number of hydrogen-bond donors (Lipinski definition) is 1. The average Bonchev–Trinajstić information content (AvgIpc) is 2.41. The Hall–Kier alpha value is -1.85. The van der Waals surface area contributed by atoms with E-state index in [1.165, 1.54) is 24.3 Å². The lowest BCUT2D eigenvalue weighted by molar-refractivity contribution is 0.606. The second-order valence-corrected chi connectivity index (χ2v) is 5.98. The molecule has 0 heterocycles. The molecule has 0 unspecified atom stereocenters. The highest BCUT2D eigenvalue weighted by atomic mass is 35.5. The molecule has 0 amide bonds. The van der Waals surface area contributed by atoms with E-state index in [2.05, 4.69) is 4.72 Å². The monoisotopic (exact) mass is 311 g/mol. The summed E-state index contributed by atoms with van der Waals surface area (Å²) in [5, 5.41) is 1.54. The molecular formula is C14H11ClFNO2S. The minimum Gasteiger partial charge on any atom is -0.277 e. The van der Waals surface area contributed by atoms with Crippen LogP contribution in [0.4, 0.5) is 10.1 Å². The van der Waals surface area contributed by atoms with E-state index in [0.717, 1.165) is 5.41 Å². The number of para-hydroxylation sites is 1. The summed E-state index contributed by atoms with van der Waals surface area (Å²) < 4.78 is 39.1. The molecule has 0 aliphatic heterocycles. The molecule has 6 heteroatoms. The molecule has 0 bridgehead atoms. The first-order valence-corrected chi connectivity index (χ1v) is 7.60. The summed E-state index contributed by atoms with van der Waals surface area (Å²) in [7, 11) is -3.77. The molecule has 2 rings (SSSR count). The van der Waals surface area contributed by atoms with Gasteiger partial charge in [0.05, 0.1) is 11.1 Å². The Bertz CT molecular complexity index is 727. The van der Waals surface area contributed by atoms with E-state index < -0.39 is 15.8 Å². The first-order valence-electron chi connectivity index (χ1n) is 5.67. The molecular weight excluding hydrogens is 301 g/mol. The maximum Gasteiger partial charge on any atom is 0.255 e. The molecule has 3 nitrogen and oxygen atoms in total. The zero-order chi connectivity index (χ0) is 14.6. The van der Waals surface area contributed by atoms with Crippen LogP contribution in [0.5, 0.6) is 0 Å². The van der Waals surface area contributed by atoms with Crippen LogP contribution < -0.4 is 4.72 Å². The molecule has 0 spiro atoms. The quantitative estimate of drug-likeness (QED) is 0.931. The number of nitrogens with one attached hydrogen (secondary N) is 1. The predicted molar refractivity (Wildman–Crippen MR) is 79.4 cm³/mol. The Kier molecular flexibility index (Phi) is 4.42. The van der Waals surface area contributed by atoms with Crippen molar-refractivity contribution in [1.29, 1.82) is 0 Å². The van der Waals surface area contributed by atoms with Crippen molar-refractivity contribution >= 4 is 33.4 Å². The summed E-state index contributed by atoms with van der Waals surface area (Å²) in [6, 6.07) is 12.2. The SMILES string of the molecule is O=S(=O)(/C=C/c1ccc(Cl)cc1)Nc1ccccc1F. The molecule has 0 radical (unpaired) electrons. The van der Waals surface area contributed by atoms with Gasteiger partial charge in [-0.1, -0.05) is 35.9 Å². The Morgan fingerprint density at radius 1 is 1.05 bits per heavy atom. The fourth-order valence-corrected chi connectivity index (χ4v) is 2.48. The van der Waals surface area contributed by atoms with E-state index >= 15 is 0 Å². The predicted octanol–water partition coefficient (Wildman–Crippen LogP) is 3.89. The average molecular weight is 312 g/mol. The molecule has 20 heavy (non-hydrogen) atoms. The Morgan fingerprint density at radius 3 is 2.35 bits per heavy atom. The van der Waals surface area contributed by atoms with Gasteiger partial charge in [0.25, 0.3) is 10.0 Å². The van der Waals surface area contributed by atoms with Crippen LogP contribution in [0.25, 0.3) is 6.08 Å². The maximum absolute atomic E-state index is 13.4. The third kappa shape index (κ3) is 4.08. The van der Waals surface area contributed by atoms with Crippen LogP contribution in [0.15, 0.2) is 53.9 Å². The molecule has 0 atom stereocenters. The molecule has 0 aromatic heterocycles. The molecule has 0 saturated heterocycles. The van der Waals surface area contributed by atoms with Crippen LogP contribution in [0.3, 0.4) is 0 Å². The summed E-state index contributed by atoms with van der Waals surface area (Å²) in [6.07, 6.45) is 1.40. The molecule has 0 aliphatic carbocycles. The highest BCUT2D eigenvalue weighted by molar-refractivity contribution is 7.95. The largest absolute Gasteiger partial charge is 0.277 e. The maximum atomic E-state index is 13.4. The normalized spacial score (nSPS) is 11.7. The van der Waals surface area contributed by atoms with E-state index in [9.17, 15) is 12.8 Å². The molecule has 1 N–H and O–H groups in total. The van der Waals surface area contributed by atoms with Gasteiger partial charge < -0.3 is 0 Å². The van der Waals surface area contributed by atoms with E-state index in [4.69, 9.17) is 11.6 Å². The number of sulfonamides is 1. The summed E-state index contributed by atoms with van der Waals surface area (Å²) in [5.41, 5.74) is 0.585. The van der Waals surface area contributed by atoms with Crippen molar-refractivity contribution in [1.82, 2.24) is 0 Å². The van der Waals surface area contributed by atoms with Gasteiger partial charge in [-0.05, 0) is 35.9 Å². The Morgan fingerprint density at radius 2 is 1.70 bits per heavy atom. The number of anilines is 1. The molecule has 0 aliphatic rings. The van der Waals surface area contributed by atoms with Crippen LogP contribution in [0.2, 0.25) is 5.02 Å². The van der Waals surface area contributed by atoms with E-state index in [0.29, 0.717) is 10.6 Å². The minimum atomic E-state index is -3.77. The van der Waals surface area contributed by atoms with Crippen molar-refractivity contribution in [3.8, 4) is 0 Å². The van der Waals surface area contributed by atoms with Crippen molar-refractivity contribution in [2.45, 2.75) is 0 Å². The highest BCUT2D eigenvalue weighted by Crippen LogP contribution is 2.16.